The minimum atomic E-state index is -0.773. The highest BCUT2D eigenvalue weighted by molar-refractivity contribution is 5.73. The smallest absolute Gasteiger partial charge is 0.320 e. The van der Waals surface area contributed by atoms with Gasteiger partial charge in [-0.05, 0) is 32.7 Å². The van der Waals surface area contributed by atoms with Crippen molar-refractivity contribution in [2.24, 2.45) is 0 Å². The van der Waals surface area contributed by atoms with Gasteiger partial charge in [0.15, 0.2) is 0 Å². The van der Waals surface area contributed by atoms with E-state index >= 15 is 0 Å². The van der Waals surface area contributed by atoms with Crippen LogP contribution in [0.4, 0.5) is 0 Å². The molecule has 0 amide bonds. The third-order valence-electron chi connectivity index (χ3n) is 3.20. The molecule has 0 aromatic heterocycles. The van der Waals surface area contributed by atoms with Crippen LogP contribution in [0.2, 0.25) is 0 Å². The van der Waals surface area contributed by atoms with Gasteiger partial charge < -0.3 is 10.2 Å². The number of aliphatic carboxylic acids is 1. The van der Waals surface area contributed by atoms with Crippen LogP contribution in [-0.4, -0.2) is 45.8 Å². The van der Waals surface area contributed by atoms with E-state index in [0.717, 1.165) is 19.4 Å². The number of hydrogen-bond acceptors (Lipinski definition) is 3. The highest BCUT2D eigenvalue weighted by Gasteiger charge is 2.32. The number of rotatable bonds is 4. The fourth-order valence-corrected chi connectivity index (χ4v) is 2.01. The molecular formula is C11H21NO3. The van der Waals surface area contributed by atoms with Crippen LogP contribution in [0.15, 0.2) is 0 Å². The Kier molecular flexibility index (Phi) is 4.11. The molecule has 4 heteroatoms. The predicted octanol–water partition coefficient (Wildman–Crippen LogP) is 1.09. The van der Waals surface area contributed by atoms with Crippen molar-refractivity contribution in [3.63, 3.8) is 0 Å². The Bertz CT molecular complexity index is 228. The monoisotopic (exact) mass is 215 g/mol. The number of piperidine rings is 1. The van der Waals surface area contributed by atoms with E-state index in [2.05, 4.69) is 0 Å². The van der Waals surface area contributed by atoms with Crippen molar-refractivity contribution in [1.29, 1.82) is 0 Å². The normalized spacial score (nSPS) is 27.3. The summed E-state index contributed by atoms with van der Waals surface area (Å²) in [5.74, 6) is -0.762. The maximum absolute atomic E-state index is 11.0. The fourth-order valence-electron chi connectivity index (χ4n) is 2.01. The van der Waals surface area contributed by atoms with E-state index in [1.165, 1.54) is 0 Å². The van der Waals surface area contributed by atoms with Crippen LogP contribution in [0.25, 0.3) is 0 Å². The van der Waals surface area contributed by atoms with Crippen molar-refractivity contribution >= 4 is 5.97 Å². The van der Waals surface area contributed by atoms with Gasteiger partial charge in [0.2, 0.25) is 0 Å². The number of carboxylic acid groups (broad SMARTS) is 1. The molecule has 0 saturated carbocycles. The second kappa shape index (κ2) is 4.94. The molecule has 1 aliphatic rings. The van der Waals surface area contributed by atoms with Crippen LogP contribution in [0.1, 0.15) is 39.5 Å². The zero-order valence-corrected chi connectivity index (χ0v) is 9.57. The lowest BCUT2D eigenvalue weighted by Crippen LogP contribution is -2.50. The van der Waals surface area contributed by atoms with Gasteiger partial charge in [-0.3, -0.25) is 9.69 Å². The number of nitrogens with zero attached hydrogens (tertiary/aromatic N) is 1. The van der Waals surface area contributed by atoms with Gasteiger partial charge in [0.05, 0.1) is 5.60 Å². The summed E-state index contributed by atoms with van der Waals surface area (Å²) in [4.78, 5) is 12.9. The minimum absolute atomic E-state index is 0.406. The standard InChI is InChI=1S/C11H21NO3/c1-3-11(2,15)8-12-7-5-4-6-9(12)10(13)14/h9,15H,3-8H2,1-2H3,(H,13,14). The molecule has 1 fully saturated rings. The van der Waals surface area contributed by atoms with E-state index < -0.39 is 17.6 Å². The molecule has 0 radical (unpaired) electrons. The van der Waals surface area contributed by atoms with Crippen LogP contribution in [0.3, 0.4) is 0 Å². The number of carboxylic acids is 1. The van der Waals surface area contributed by atoms with Gasteiger partial charge in [-0.1, -0.05) is 13.3 Å². The summed E-state index contributed by atoms with van der Waals surface area (Å²) in [6.07, 6.45) is 3.36. The van der Waals surface area contributed by atoms with Crippen molar-refractivity contribution in [3.05, 3.63) is 0 Å². The summed E-state index contributed by atoms with van der Waals surface area (Å²) < 4.78 is 0. The number of carbonyl (C=O) groups is 1. The Morgan fingerprint density at radius 3 is 2.73 bits per heavy atom. The highest BCUT2D eigenvalue weighted by Crippen LogP contribution is 2.21. The van der Waals surface area contributed by atoms with Gasteiger partial charge in [-0.15, -0.1) is 0 Å². The van der Waals surface area contributed by atoms with Crippen molar-refractivity contribution in [2.45, 2.75) is 51.2 Å². The summed E-state index contributed by atoms with van der Waals surface area (Å²) in [6.45, 7) is 4.92. The summed E-state index contributed by atoms with van der Waals surface area (Å²) >= 11 is 0. The summed E-state index contributed by atoms with van der Waals surface area (Å²) in [6, 6.07) is -0.406. The van der Waals surface area contributed by atoms with Gasteiger partial charge in [0.25, 0.3) is 0 Å². The lowest BCUT2D eigenvalue weighted by atomic mass is 9.97. The first-order valence-electron chi connectivity index (χ1n) is 5.65. The fraction of sp³-hybridized carbons (Fsp3) is 0.909. The van der Waals surface area contributed by atoms with E-state index in [9.17, 15) is 9.90 Å². The van der Waals surface area contributed by atoms with Crippen molar-refractivity contribution in [1.82, 2.24) is 4.90 Å². The van der Waals surface area contributed by atoms with Crippen molar-refractivity contribution in [3.8, 4) is 0 Å². The Morgan fingerprint density at radius 2 is 2.20 bits per heavy atom. The lowest BCUT2D eigenvalue weighted by Gasteiger charge is -2.37. The van der Waals surface area contributed by atoms with Crippen LogP contribution in [0, 0.1) is 0 Å². The first-order chi connectivity index (χ1) is 6.96. The van der Waals surface area contributed by atoms with Gasteiger partial charge in [-0.2, -0.15) is 0 Å². The van der Waals surface area contributed by atoms with E-state index in [0.29, 0.717) is 19.4 Å². The first kappa shape index (κ1) is 12.5. The van der Waals surface area contributed by atoms with Gasteiger partial charge in [0, 0.05) is 6.54 Å². The third kappa shape index (κ3) is 3.47. The number of likely N-dealkylation sites (tertiary alicyclic amines) is 1. The second-order valence-corrected chi connectivity index (χ2v) is 4.67. The minimum Gasteiger partial charge on any atom is -0.480 e. The van der Waals surface area contributed by atoms with Gasteiger partial charge in [-0.25, -0.2) is 0 Å². The number of aliphatic hydroxyl groups is 1. The first-order valence-corrected chi connectivity index (χ1v) is 5.65. The van der Waals surface area contributed by atoms with E-state index in [1.54, 1.807) is 6.92 Å². The molecule has 15 heavy (non-hydrogen) atoms. The number of β-amino-alcohol motifs (C(OH)–C–C–N with tert-alkyl or cyclic N) is 1. The largest absolute Gasteiger partial charge is 0.480 e. The Hall–Kier alpha value is -0.610. The molecule has 1 aliphatic heterocycles. The zero-order valence-electron chi connectivity index (χ0n) is 9.57. The molecule has 0 spiro atoms. The highest BCUT2D eigenvalue weighted by atomic mass is 16.4. The van der Waals surface area contributed by atoms with Crippen LogP contribution >= 0.6 is 0 Å². The Labute approximate surface area is 90.9 Å². The molecule has 0 bridgehead atoms. The molecule has 0 aromatic rings. The molecule has 2 unspecified atom stereocenters. The zero-order chi connectivity index (χ0) is 11.5. The molecule has 1 rings (SSSR count). The van der Waals surface area contributed by atoms with Crippen LogP contribution in [0.5, 0.6) is 0 Å². The average Bonchev–Trinajstić information content (AvgIpc) is 2.18. The maximum Gasteiger partial charge on any atom is 0.320 e. The third-order valence-corrected chi connectivity index (χ3v) is 3.20. The summed E-state index contributed by atoms with van der Waals surface area (Å²) in [5, 5.41) is 19.0. The SMILES string of the molecule is CCC(C)(O)CN1CCCCC1C(=O)O. The molecule has 88 valence electrons. The van der Waals surface area contributed by atoms with Gasteiger partial charge >= 0.3 is 5.97 Å². The molecule has 4 nitrogen and oxygen atoms in total. The summed E-state index contributed by atoms with van der Waals surface area (Å²) in [7, 11) is 0. The molecule has 2 atom stereocenters. The Morgan fingerprint density at radius 1 is 1.53 bits per heavy atom. The molecular weight excluding hydrogens is 194 g/mol. The van der Waals surface area contributed by atoms with Gasteiger partial charge in [0.1, 0.15) is 6.04 Å². The second-order valence-electron chi connectivity index (χ2n) is 4.67. The molecule has 0 aromatic carbocycles. The molecule has 1 saturated heterocycles. The quantitative estimate of drug-likeness (QED) is 0.737. The Balaban J connectivity index is 2.61. The topological polar surface area (TPSA) is 60.8 Å². The molecule has 2 N–H and O–H groups in total. The van der Waals surface area contributed by atoms with E-state index in [4.69, 9.17) is 5.11 Å². The number of hydrogen-bond donors (Lipinski definition) is 2. The predicted molar refractivity (Wildman–Crippen MR) is 57.8 cm³/mol. The molecule has 0 aliphatic carbocycles. The van der Waals surface area contributed by atoms with Crippen LogP contribution in [-0.2, 0) is 4.79 Å². The van der Waals surface area contributed by atoms with E-state index in [1.807, 2.05) is 11.8 Å². The average molecular weight is 215 g/mol. The summed E-state index contributed by atoms with van der Waals surface area (Å²) in [5.41, 5.74) is -0.773. The van der Waals surface area contributed by atoms with Crippen molar-refractivity contribution in [2.75, 3.05) is 13.1 Å². The molecule has 1 heterocycles. The maximum atomic E-state index is 11.0. The lowest BCUT2D eigenvalue weighted by molar-refractivity contribution is -0.146. The van der Waals surface area contributed by atoms with E-state index in [-0.39, 0.29) is 0 Å². The van der Waals surface area contributed by atoms with Crippen LogP contribution < -0.4 is 0 Å². The van der Waals surface area contributed by atoms with Crippen molar-refractivity contribution < 1.29 is 15.0 Å².